The summed E-state index contributed by atoms with van der Waals surface area (Å²) in [5.74, 6) is -0.191. The normalized spacial score (nSPS) is 12.9. The molecule has 1 aliphatic carbocycles. The lowest BCUT2D eigenvalue weighted by atomic mass is 9.98. The summed E-state index contributed by atoms with van der Waals surface area (Å²) in [5, 5.41) is 12.1. The first-order valence-electron chi connectivity index (χ1n) is 10.6. The number of aliphatic carboxylic acids is 1. The summed E-state index contributed by atoms with van der Waals surface area (Å²) in [4.78, 5) is 24.3. The number of carboxylic acid groups (broad SMARTS) is 1. The van der Waals surface area contributed by atoms with Gasteiger partial charge in [-0.1, -0.05) is 48.5 Å². The molecule has 1 amide bonds. The van der Waals surface area contributed by atoms with Crippen molar-refractivity contribution in [3.63, 3.8) is 0 Å². The van der Waals surface area contributed by atoms with E-state index in [1.165, 1.54) is 14.2 Å². The number of hydrogen-bond acceptors (Lipinski definition) is 5. The van der Waals surface area contributed by atoms with Crippen LogP contribution in [0, 0.1) is 0 Å². The Morgan fingerprint density at radius 1 is 0.909 bits per heavy atom. The van der Waals surface area contributed by atoms with E-state index in [2.05, 4.69) is 17.4 Å². The number of nitrogens with one attached hydrogen (secondary N) is 1. The summed E-state index contributed by atoms with van der Waals surface area (Å²) in [6, 6.07) is 20.0. The number of ether oxygens (including phenoxy) is 3. The van der Waals surface area contributed by atoms with Crippen molar-refractivity contribution in [3.8, 4) is 22.6 Å². The molecule has 0 unspecified atom stereocenters. The third-order valence-corrected chi connectivity index (χ3v) is 5.78. The Hall–Kier alpha value is -4.00. The Kier molecular flexibility index (Phi) is 6.49. The third kappa shape index (κ3) is 4.77. The monoisotopic (exact) mass is 447 g/mol. The van der Waals surface area contributed by atoms with E-state index in [9.17, 15) is 14.7 Å². The highest BCUT2D eigenvalue weighted by atomic mass is 16.5. The van der Waals surface area contributed by atoms with Crippen LogP contribution in [0.2, 0.25) is 0 Å². The number of methoxy groups -OCH3 is 2. The van der Waals surface area contributed by atoms with Crippen LogP contribution < -0.4 is 14.8 Å². The van der Waals surface area contributed by atoms with Gasteiger partial charge in [-0.2, -0.15) is 0 Å². The van der Waals surface area contributed by atoms with Gasteiger partial charge in [0.2, 0.25) is 0 Å². The number of benzene rings is 3. The summed E-state index contributed by atoms with van der Waals surface area (Å²) in [5.41, 5.74) is 5.07. The van der Waals surface area contributed by atoms with Gasteiger partial charge >= 0.3 is 12.1 Å². The summed E-state index contributed by atoms with van der Waals surface area (Å²) in [7, 11) is 3.03. The maximum atomic E-state index is 12.5. The molecule has 3 aromatic rings. The van der Waals surface area contributed by atoms with Crippen LogP contribution in [-0.2, 0) is 16.0 Å². The molecule has 0 bridgehead atoms. The number of carbonyl (C=O) groups is 2. The second-order valence-electron chi connectivity index (χ2n) is 7.79. The van der Waals surface area contributed by atoms with Crippen LogP contribution in [0.3, 0.4) is 0 Å². The van der Waals surface area contributed by atoms with Crippen molar-refractivity contribution in [2.24, 2.45) is 0 Å². The molecule has 7 nitrogen and oxygen atoms in total. The molecule has 0 aliphatic heterocycles. The molecule has 0 spiro atoms. The Bertz CT molecular complexity index is 1110. The maximum absolute atomic E-state index is 12.5. The smallest absolute Gasteiger partial charge is 0.407 e. The molecule has 0 heterocycles. The molecule has 1 atom stereocenters. The topological polar surface area (TPSA) is 94.1 Å². The van der Waals surface area contributed by atoms with E-state index < -0.39 is 18.1 Å². The molecule has 1 aliphatic rings. The average Bonchev–Trinajstić information content (AvgIpc) is 3.15. The molecule has 0 saturated carbocycles. The van der Waals surface area contributed by atoms with Crippen molar-refractivity contribution in [1.29, 1.82) is 0 Å². The highest BCUT2D eigenvalue weighted by Gasteiger charge is 2.29. The summed E-state index contributed by atoms with van der Waals surface area (Å²) in [6.45, 7) is 0.110. The lowest BCUT2D eigenvalue weighted by Gasteiger charge is -2.18. The molecule has 3 aromatic carbocycles. The molecule has 0 saturated heterocycles. The minimum Gasteiger partial charge on any atom is -0.497 e. The van der Waals surface area contributed by atoms with Crippen LogP contribution in [-0.4, -0.2) is 44.0 Å². The number of carbonyl (C=O) groups excluding carboxylic acids is 1. The Morgan fingerprint density at radius 3 is 1.97 bits per heavy atom. The Balaban J connectivity index is 1.44. The van der Waals surface area contributed by atoms with Gasteiger partial charge in [0.1, 0.15) is 24.1 Å². The fourth-order valence-electron chi connectivity index (χ4n) is 4.20. The van der Waals surface area contributed by atoms with Gasteiger partial charge in [-0.15, -0.1) is 0 Å². The molecular formula is C26H25NO6. The second-order valence-corrected chi connectivity index (χ2v) is 7.79. The number of alkyl carbamates (subject to hydrolysis) is 1. The van der Waals surface area contributed by atoms with E-state index in [0.29, 0.717) is 17.1 Å². The molecule has 0 radical (unpaired) electrons. The van der Waals surface area contributed by atoms with Crippen LogP contribution in [0.1, 0.15) is 22.6 Å². The van der Waals surface area contributed by atoms with Crippen molar-refractivity contribution in [1.82, 2.24) is 5.32 Å². The quantitative estimate of drug-likeness (QED) is 0.537. The van der Waals surface area contributed by atoms with Gasteiger partial charge in [-0.05, 0) is 39.9 Å². The van der Waals surface area contributed by atoms with Gasteiger partial charge in [-0.3, -0.25) is 0 Å². The van der Waals surface area contributed by atoms with Crippen LogP contribution >= 0.6 is 0 Å². The van der Waals surface area contributed by atoms with E-state index in [1.54, 1.807) is 18.2 Å². The summed E-state index contributed by atoms with van der Waals surface area (Å²) < 4.78 is 16.0. The first-order valence-corrected chi connectivity index (χ1v) is 10.6. The van der Waals surface area contributed by atoms with Gasteiger partial charge in [0.05, 0.1) is 14.2 Å². The van der Waals surface area contributed by atoms with Gasteiger partial charge in [0.15, 0.2) is 0 Å². The van der Waals surface area contributed by atoms with Crippen molar-refractivity contribution in [2.75, 3.05) is 20.8 Å². The van der Waals surface area contributed by atoms with Gasteiger partial charge in [0.25, 0.3) is 0 Å². The van der Waals surface area contributed by atoms with E-state index in [-0.39, 0.29) is 18.9 Å². The molecule has 2 N–H and O–H groups in total. The van der Waals surface area contributed by atoms with E-state index >= 15 is 0 Å². The predicted octanol–water partition coefficient (Wildman–Crippen LogP) is 4.24. The zero-order chi connectivity index (χ0) is 23.4. The van der Waals surface area contributed by atoms with E-state index in [1.807, 2.05) is 36.4 Å². The molecular weight excluding hydrogens is 422 g/mol. The molecule has 7 heteroatoms. The molecule has 0 aromatic heterocycles. The van der Waals surface area contributed by atoms with Crippen molar-refractivity contribution >= 4 is 12.1 Å². The highest BCUT2D eigenvalue weighted by Crippen LogP contribution is 2.44. The molecule has 33 heavy (non-hydrogen) atoms. The largest absolute Gasteiger partial charge is 0.497 e. The van der Waals surface area contributed by atoms with Gasteiger partial charge < -0.3 is 24.6 Å². The van der Waals surface area contributed by atoms with Crippen LogP contribution in [0.5, 0.6) is 11.5 Å². The molecule has 4 rings (SSSR count). The van der Waals surface area contributed by atoms with Crippen molar-refractivity contribution in [3.05, 3.63) is 83.4 Å². The predicted molar refractivity (Wildman–Crippen MR) is 123 cm³/mol. The van der Waals surface area contributed by atoms with Crippen LogP contribution in [0.4, 0.5) is 4.79 Å². The van der Waals surface area contributed by atoms with Gasteiger partial charge in [0, 0.05) is 18.4 Å². The summed E-state index contributed by atoms with van der Waals surface area (Å²) >= 11 is 0. The zero-order valence-corrected chi connectivity index (χ0v) is 18.4. The number of fused-ring (bicyclic) bond motifs is 3. The SMILES string of the molecule is COc1cc(C[C@@H](NC(=O)OCC2c3ccccc3-c3ccccc32)C(=O)O)cc(OC)c1. The van der Waals surface area contributed by atoms with E-state index in [4.69, 9.17) is 14.2 Å². The maximum Gasteiger partial charge on any atom is 0.407 e. The fraction of sp³-hybridized carbons (Fsp3) is 0.231. The van der Waals surface area contributed by atoms with E-state index in [0.717, 1.165) is 22.3 Å². The number of rotatable bonds is 8. The zero-order valence-electron chi connectivity index (χ0n) is 18.4. The number of carboxylic acids is 1. The Morgan fingerprint density at radius 2 is 1.45 bits per heavy atom. The average molecular weight is 447 g/mol. The fourth-order valence-corrected chi connectivity index (χ4v) is 4.20. The Labute approximate surface area is 191 Å². The molecule has 170 valence electrons. The van der Waals surface area contributed by atoms with Gasteiger partial charge in [-0.25, -0.2) is 9.59 Å². The first kappa shape index (κ1) is 22.2. The first-order chi connectivity index (χ1) is 16.0. The highest BCUT2D eigenvalue weighted by molar-refractivity contribution is 5.81. The van der Waals surface area contributed by atoms with Crippen molar-refractivity contribution in [2.45, 2.75) is 18.4 Å². The standard InChI is InChI=1S/C26H25NO6/c1-31-17-11-16(12-18(14-17)32-2)13-24(25(28)29)27-26(30)33-15-23-21-9-5-3-7-19(21)20-8-4-6-10-22(20)23/h3-12,14,23-24H,13,15H2,1-2H3,(H,27,30)(H,28,29)/t24-/m1/s1. The minimum absolute atomic E-state index is 0.0487. The number of amides is 1. The number of hydrogen-bond donors (Lipinski definition) is 2. The molecule has 0 fully saturated rings. The third-order valence-electron chi connectivity index (χ3n) is 5.78. The second kappa shape index (κ2) is 9.65. The lowest BCUT2D eigenvalue weighted by molar-refractivity contribution is -0.139. The minimum atomic E-state index is -1.17. The summed E-state index contributed by atoms with van der Waals surface area (Å²) in [6.07, 6.45) is -0.730. The van der Waals surface area contributed by atoms with Crippen LogP contribution in [0.15, 0.2) is 66.7 Å². The van der Waals surface area contributed by atoms with Crippen molar-refractivity contribution < 1.29 is 28.9 Å². The lowest BCUT2D eigenvalue weighted by Crippen LogP contribution is -2.42. The van der Waals surface area contributed by atoms with Crippen LogP contribution in [0.25, 0.3) is 11.1 Å².